The summed E-state index contributed by atoms with van der Waals surface area (Å²) in [6.07, 6.45) is 6.88. The first-order chi connectivity index (χ1) is 8.33. The average molecular weight is 226 g/mol. The predicted octanol–water partition coefficient (Wildman–Crippen LogP) is 3.33. The van der Waals surface area contributed by atoms with Gasteiger partial charge in [-0.25, -0.2) is 0 Å². The molecule has 2 nitrogen and oxygen atoms in total. The number of nitrogens with zero attached hydrogens (tertiary/aromatic N) is 2. The minimum absolute atomic E-state index is 0.572. The van der Waals surface area contributed by atoms with Crippen molar-refractivity contribution in [1.82, 2.24) is 0 Å². The first-order valence-corrected chi connectivity index (χ1v) is 6.57. The summed E-state index contributed by atoms with van der Waals surface area (Å²) in [7, 11) is 0. The number of nitriles is 1. The molecule has 1 spiro atoms. The van der Waals surface area contributed by atoms with E-state index >= 15 is 0 Å². The third kappa shape index (κ3) is 1.80. The highest BCUT2D eigenvalue weighted by Gasteiger charge is 2.40. The fraction of sp³-hybridized carbons (Fsp3) is 0.533. The molecule has 0 N–H and O–H groups in total. The van der Waals surface area contributed by atoms with E-state index in [1.54, 1.807) is 0 Å². The summed E-state index contributed by atoms with van der Waals surface area (Å²) >= 11 is 0. The number of anilines is 1. The third-order valence-corrected chi connectivity index (χ3v) is 4.47. The molecule has 1 aromatic rings. The van der Waals surface area contributed by atoms with Crippen molar-refractivity contribution in [3.05, 3.63) is 29.8 Å². The standard InChI is InChI=1S/C15H18N2/c16-11-13-5-1-2-6-14(13)17-10-9-15(12-17)7-3-4-8-15/h1-2,5-6H,3-4,7-10,12H2. The van der Waals surface area contributed by atoms with Crippen LogP contribution in [0, 0.1) is 16.7 Å². The molecular formula is C15H18N2. The zero-order valence-corrected chi connectivity index (χ0v) is 10.2. The Morgan fingerprint density at radius 2 is 1.88 bits per heavy atom. The zero-order valence-electron chi connectivity index (χ0n) is 10.2. The summed E-state index contributed by atoms with van der Waals surface area (Å²) in [6, 6.07) is 10.3. The predicted molar refractivity (Wildman–Crippen MR) is 68.9 cm³/mol. The fourth-order valence-corrected chi connectivity index (χ4v) is 3.52. The van der Waals surface area contributed by atoms with Crippen LogP contribution < -0.4 is 4.90 Å². The molecule has 0 bridgehead atoms. The minimum atomic E-state index is 0.572. The molecule has 0 aromatic heterocycles. The van der Waals surface area contributed by atoms with Gasteiger partial charge in [-0.2, -0.15) is 5.26 Å². The van der Waals surface area contributed by atoms with Crippen LogP contribution in [0.4, 0.5) is 5.69 Å². The Morgan fingerprint density at radius 1 is 1.12 bits per heavy atom. The molecule has 1 aliphatic carbocycles. The Bertz CT molecular complexity index is 452. The van der Waals surface area contributed by atoms with E-state index in [9.17, 15) is 0 Å². The lowest BCUT2D eigenvalue weighted by Crippen LogP contribution is -2.25. The lowest BCUT2D eigenvalue weighted by Gasteiger charge is -2.25. The quantitative estimate of drug-likeness (QED) is 0.734. The maximum atomic E-state index is 9.16. The number of hydrogen-bond donors (Lipinski definition) is 0. The van der Waals surface area contributed by atoms with Gasteiger partial charge in [-0.3, -0.25) is 0 Å². The van der Waals surface area contributed by atoms with Crippen molar-refractivity contribution in [3.8, 4) is 6.07 Å². The molecule has 88 valence electrons. The van der Waals surface area contributed by atoms with Gasteiger partial charge in [0.15, 0.2) is 0 Å². The van der Waals surface area contributed by atoms with Crippen molar-refractivity contribution in [2.24, 2.45) is 5.41 Å². The molecular weight excluding hydrogens is 208 g/mol. The van der Waals surface area contributed by atoms with Gasteiger partial charge in [0.2, 0.25) is 0 Å². The molecule has 0 radical (unpaired) electrons. The smallest absolute Gasteiger partial charge is 0.101 e. The van der Waals surface area contributed by atoms with Crippen molar-refractivity contribution in [1.29, 1.82) is 5.26 Å². The Morgan fingerprint density at radius 3 is 2.65 bits per heavy atom. The van der Waals surface area contributed by atoms with Gasteiger partial charge in [0.25, 0.3) is 0 Å². The SMILES string of the molecule is N#Cc1ccccc1N1CCC2(CCCC2)C1. The molecule has 1 aliphatic heterocycles. The van der Waals surface area contributed by atoms with E-state index in [1.807, 2.05) is 18.2 Å². The van der Waals surface area contributed by atoms with Crippen LogP contribution >= 0.6 is 0 Å². The molecule has 1 heterocycles. The lowest BCUT2D eigenvalue weighted by atomic mass is 9.86. The third-order valence-electron chi connectivity index (χ3n) is 4.47. The maximum absolute atomic E-state index is 9.16. The van der Waals surface area contributed by atoms with E-state index in [4.69, 9.17) is 5.26 Å². The number of rotatable bonds is 1. The van der Waals surface area contributed by atoms with Gasteiger partial charge in [-0.05, 0) is 36.8 Å². The van der Waals surface area contributed by atoms with E-state index in [0.29, 0.717) is 5.41 Å². The zero-order chi connectivity index (χ0) is 11.7. The van der Waals surface area contributed by atoms with E-state index < -0.39 is 0 Å². The monoisotopic (exact) mass is 226 g/mol. The van der Waals surface area contributed by atoms with Gasteiger partial charge in [0, 0.05) is 13.1 Å². The molecule has 17 heavy (non-hydrogen) atoms. The van der Waals surface area contributed by atoms with Crippen molar-refractivity contribution in [3.63, 3.8) is 0 Å². The topological polar surface area (TPSA) is 27.0 Å². The largest absolute Gasteiger partial charge is 0.370 e. The summed E-state index contributed by atoms with van der Waals surface area (Å²) < 4.78 is 0. The molecule has 0 amide bonds. The van der Waals surface area contributed by atoms with Gasteiger partial charge in [-0.1, -0.05) is 25.0 Å². The van der Waals surface area contributed by atoms with Crippen LogP contribution in [0.3, 0.4) is 0 Å². The Kier molecular flexibility index (Phi) is 2.55. The van der Waals surface area contributed by atoms with Crippen LogP contribution in [-0.2, 0) is 0 Å². The Balaban J connectivity index is 1.85. The second-order valence-electron chi connectivity index (χ2n) is 5.51. The molecule has 2 heteroatoms. The molecule has 1 aromatic carbocycles. The van der Waals surface area contributed by atoms with Crippen molar-refractivity contribution in [2.75, 3.05) is 18.0 Å². The van der Waals surface area contributed by atoms with E-state index in [0.717, 1.165) is 24.3 Å². The first-order valence-electron chi connectivity index (χ1n) is 6.57. The van der Waals surface area contributed by atoms with E-state index in [2.05, 4.69) is 17.0 Å². The number of para-hydroxylation sites is 1. The van der Waals surface area contributed by atoms with Crippen molar-refractivity contribution >= 4 is 5.69 Å². The summed E-state index contributed by atoms with van der Waals surface area (Å²) in [5.41, 5.74) is 2.53. The Hall–Kier alpha value is -1.49. The van der Waals surface area contributed by atoms with Crippen molar-refractivity contribution in [2.45, 2.75) is 32.1 Å². The summed E-state index contributed by atoms with van der Waals surface area (Å²) in [4.78, 5) is 2.42. The number of hydrogen-bond acceptors (Lipinski definition) is 2. The summed E-state index contributed by atoms with van der Waals surface area (Å²) in [5, 5.41) is 9.16. The van der Waals surface area contributed by atoms with Crippen LogP contribution in [0.5, 0.6) is 0 Å². The normalized spacial score (nSPS) is 21.9. The molecule has 1 saturated heterocycles. The van der Waals surface area contributed by atoms with Gasteiger partial charge in [0.05, 0.1) is 11.3 Å². The summed E-state index contributed by atoms with van der Waals surface area (Å²) in [6.45, 7) is 2.28. The van der Waals surface area contributed by atoms with Crippen molar-refractivity contribution < 1.29 is 0 Å². The highest BCUT2D eigenvalue weighted by atomic mass is 15.2. The molecule has 0 unspecified atom stereocenters. The average Bonchev–Trinajstić information content (AvgIpc) is 3.00. The van der Waals surface area contributed by atoms with Gasteiger partial charge in [0.1, 0.15) is 6.07 Å². The molecule has 2 aliphatic rings. The van der Waals surface area contributed by atoms with Crippen LogP contribution in [0.15, 0.2) is 24.3 Å². The van der Waals surface area contributed by atoms with Crippen LogP contribution in [0.1, 0.15) is 37.7 Å². The van der Waals surface area contributed by atoms with E-state index in [1.165, 1.54) is 32.1 Å². The summed E-state index contributed by atoms with van der Waals surface area (Å²) in [5.74, 6) is 0. The minimum Gasteiger partial charge on any atom is -0.370 e. The highest BCUT2D eigenvalue weighted by molar-refractivity contribution is 5.60. The second kappa shape index (κ2) is 4.07. The van der Waals surface area contributed by atoms with E-state index in [-0.39, 0.29) is 0 Å². The highest BCUT2D eigenvalue weighted by Crippen LogP contribution is 2.46. The van der Waals surface area contributed by atoms with Gasteiger partial charge < -0.3 is 4.90 Å². The first kappa shape index (κ1) is 10.7. The van der Waals surface area contributed by atoms with Gasteiger partial charge >= 0.3 is 0 Å². The molecule has 1 saturated carbocycles. The van der Waals surface area contributed by atoms with Crippen LogP contribution in [0.2, 0.25) is 0 Å². The molecule has 2 fully saturated rings. The Labute approximate surface area is 103 Å². The second-order valence-corrected chi connectivity index (χ2v) is 5.51. The molecule has 3 rings (SSSR count). The molecule has 0 atom stereocenters. The lowest BCUT2D eigenvalue weighted by molar-refractivity contribution is 0.341. The van der Waals surface area contributed by atoms with Crippen LogP contribution in [0.25, 0.3) is 0 Å². The van der Waals surface area contributed by atoms with Gasteiger partial charge in [-0.15, -0.1) is 0 Å². The fourth-order valence-electron chi connectivity index (χ4n) is 3.52. The number of benzene rings is 1. The van der Waals surface area contributed by atoms with Crippen LogP contribution in [-0.4, -0.2) is 13.1 Å². The maximum Gasteiger partial charge on any atom is 0.101 e.